The van der Waals surface area contributed by atoms with Gasteiger partial charge in [-0.05, 0) is 43.5 Å². The number of amidine groups is 1. The molecule has 0 bridgehead atoms. The summed E-state index contributed by atoms with van der Waals surface area (Å²) in [6.07, 6.45) is 2.34. The van der Waals surface area contributed by atoms with E-state index in [-0.39, 0.29) is 30.3 Å². The Bertz CT molecular complexity index is 698. The first kappa shape index (κ1) is 19.2. The van der Waals surface area contributed by atoms with E-state index in [0.717, 1.165) is 37.2 Å². The van der Waals surface area contributed by atoms with Crippen LogP contribution in [0.2, 0.25) is 0 Å². The largest absolute Gasteiger partial charge is 0.481 e. The topological polar surface area (TPSA) is 129 Å². The molecule has 2 aliphatic rings. The van der Waals surface area contributed by atoms with Gasteiger partial charge in [-0.15, -0.1) is 0 Å². The molecule has 3 rings (SSSR count). The molecule has 2 fully saturated rings. The zero-order valence-corrected chi connectivity index (χ0v) is 15.2. The van der Waals surface area contributed by atoms with Crippen LogP contribution < -0.4 is 16.0 Å². The molecule has 0 spiro atoms. The molecule has 0 radical (unpaired) electrons. The Hall–Kier alpha value is -2.61. The smallest absolute Gasteiger partial charge is 0.304 e. The highest BCUT2D eigenvalue weighted by atomic mass is 16.5. The average Bonchev–Trinajstić information content (AvgIpc) is 2.99. The van der Waals surface area contributed by atoms with Crippen molar-refractivity contribution in [1.82, 2.24) is 5.32 Å². The molecule has 8 heteroatoms. The van der Waals surface area contributed by atoms with Crippen LogP contribution in [0.3, 0.4) is 0 Å². The van der Waals surface area contributed by atoms with Gasteiger partial charge in [0.25, 0.3) is 0 Å². The summed E-state index contributed by atoms with van der Waals surface area (Å²) in [7, 11) is 0. The fraction of sp³-hybridized carbons (Fsp3) is 0.526. The van der Waals surface area contributed by atoms with Crippen molar-refractivity contribution < 1.29 is 19.4 Å². The van der Waals surface area contributed by atoms with Crippen molar-refractivity contribution in [3.63, 3.8) is 0 Å². The number of amides is 1. The zero-order valence-electron chi connectivity index (χ0n) is 15.2. The number of aliphatic carboxylic acids is 1. The van der Waals surface area contributed by atoms with Crippen molar-refractivity contribution in [3.05, 3.63) is 29.8 Å². The lowest BCUT2D eigenvalue weighted by Crippen LogP contribution is -2.39. The molecule has 5 N–H and O–H groups in total. The Morgan fingerprint density at radius 1 is 1.30 bits per heavy atom. The van der Waals surface area contributed by atoms with Crippen molar-refractivity contribution >= 4 is 23.4 Å². The molecule has 2 saturated heterocycles. The highest BCUT2D eigenvalue weighted by Gasteiger charge is 2.34. The lowest BCUT2D eigenvalue weighted by atomic mass is 10.0. The molecule has 146 valence electrons. The van der Waals surface area contributed by atoms with E-state index in [4.69, 9.17) is 21.0 Å². The molecule has 2 aliphatic heterocycles. The number of nitrogen functional groups attached to an aromatic ring is 1. The highest BCUT2D eigenvalue weighted by molar-refractivity contribution is 5.95. The van der Waals surface area contributed by atoms with E-state index in [2.05, 4.69) is 10.2 Å². The maximum Gasteiger partial charge on any atom is 0.304 e. The quantitative estimate of drug-likeness (QED) is 0.415. The van der Waals surface area contributed by atoms with Gasteiger partial charge in [0.15, 0.2) is 0 Å². The predicted molar refractivity (Wildman–Crippen MR) is 101 cm³/mol. The zero-order chi connectivity index (χ0) is 19.4. The van der Waals surface area contributed by atoms with Gasteiger partial charge in [-0.25, -0.2) is 0 Å². The van der Waals surface area contributed by atoms with Crippen molar-refractivity contribution in [2.45, 2.75) is 37.8 Å². The number of carbonyl (C=O) groups excluding carboxylic acids is 1. The number of nitrogens with two attached hydrogens (primary N) is 1. The van der Waals surface area contributed by atoms with E-state index in [9.17, 15) is 9.59 Å². The first-order valence-corrected chi connectivity index (χ1v) is 9.25. The third-order valence-electron chi connectivity index (χ3n) is 5.23. The molecule has 1 aromatic carbocycles. The van der Waals surface area contributed by atoms with Crippen LogP contribution in [-0.2, 0) is 14.3 Å². The molecule has 0 unspecified atom stereocenters. The molecular formula is C19H26N4O4. The number of carboxylic acid groups (broad SMARTS) is 1. The second kappa shape index (κ2) is 8.39. The van der Waals surface area contributed by atoms with Crippen LogP contribution in [0.5, 0.6) is 0 Å². The number of hydrogen-bond donors (Lipinski definition) is 4. The summed E-state index contributed by atoms with van der Waals surface area (Å²) in [5, 5.41) is 19.1. The monoisotopic (exact) mass is 374 g/mol. The molecular weight excluding hydrogens is 348 g/mol. The molecule has 8 nitrogen and oxygen atoms in total. The number of carbonyl (C=O) groups is 2. The number of hydrogen-bond acceptors (Lipinski definition) is 5. The Morgan fingerprint density at radius 2 is 1.96 bits per heavy atom. The standard InChI is InChI=1S/C19H26N4O4/c20-18(21)12-1-3-15(4-2-12)23-7-5-16(6-8-23)27-11-14-9-13(10-17(24)25)19(26)22-14/h1-4,13-14,16H,5-11H2,(H3,20,21)(H,22,26)(H,24,25)/t13-,14-/m0/s1. The highest BCUT2D eigenvalue weighted by Crippen LogP contribution is 2.24. The van der Waals surface area contributed by atoms with Crippen LogP contribution in [-0.4, -0.2) is 54.7 Å². The molecule has 2 heterocycles. The number of carboxylic acids is 1. The summed E-state index contributed by atoms with van der Waals surface area (Å²) >= 11 is 0. The van der Waals surface area contributed by atoms with E-state index in [1.165, 1.54) is 0 Å². The molecule has 2 atom stereocenters. The van der Waals surface area contributed by atoms with E-state index in [1.54, 1.807) is 0 Å². The summed E-state index contributed by atoms with van der Waals surface area (Å²) < 4.78 is 5.97. The molecule has 1 amide bonds. The number of piperidine rings is 1. The number of anilines is 1. The van der Waals surface area contributed by atoms with E-state index in [1.807, 2.05) is 24.3 Å². The minimum atomic E-state index is -0.944. The minimum Gasteiger partial charge on any atom is -0.481 e. The Labute approximate surface area is 158 Å². The van der Waals surface area contributed by atoms with Gasteiger partial charge in [0.2, 0.25) is 5.91 Å². The minimum absolute atomic E-state index is 0.0678. The van der Waals surface area contributed by atoms with Gasteiger partial charge >= 0.3 is 5.97 Å². The van der Waals surface area contributed by atoms with Crippen molar-refractivity contribution in [2.24, 2.45) is 11.7 Å². The van der Waals surface area contributed by atoms with Gasteiger partial charge in [-0.2, -0.15) is 0 Å². The van der Waals surface area contributed by atoms with Crippen LogP contribution in [0.15, 0.2) is 24.3 Å². The lowest BCUT2D eigenvalue weighted by Gasteiger charge is -2.34. The van der Waals surface area contributed by atoms with Crippen LogP contribution in [0, 0.1) is 11.3 Å². The second-order valence-corrected chi connectivity index (χ2v) is 7.22. The maximum absolute atomic E-state index is 11.8. The Kier molecular flexibility index (Phi) is 5.95. The fourth-order valence-electron chi connectivity index (χ4n) is 3.71. The van der Waals surface area contributed by atoms with Gasteiger partial charge in [-0.3, -0.25) is 15.0 Å². The second-order valence-electron chi connectivity index (χ2n) is 7.22. The van der Waals surface area contributed by atoms with Crippen molar-refractivity contribution in [1.29, 1.82) is 5.41 Å². The summed E-state index contributed by atoms with van der Waals surface area (Å²) in [5.74, 6) is -1.51. The van der Waals surface area contributed by atoms with Crippen LogP contribution in [0.25, 0.3) is 0 Å². The third-order valence-corrected chi connectivity index (χ3v) is 5.23. The number of nitrogens with zero attached hydrogens (tertiary/aromatic N) is 1. The number of nitrogens with one attached hydrogen (secondary N) is 2. The summed E-state index contributed by atoms with van der Waals surface area (Å²) in [6.45, 7) is 2.19. The van der Waals surface area contributed by atoms with Crippen LogP contribution >= 0.6 is 0 Å². The first-order chi connectivity index (χ1) is 12.9. The van der Waals surface area contributed by atoms with Gasteiger partial charge in [0, 0.05) is 24.3 Å². The van der Waals surface area contributed by atoms with Crippen LogP contribution in [0.1, 0.15) is 31.2 Å². The Morgan fingerprint density at radius 3 is 2.56 bits per heavy atom. The third kappa shape index (κ3) is 4.97. The van der Waals surface area contributed by atoms with Crippen LogP contribution in [0.4, 0.5) is 5.69 Å². The van der Waals surface area contributed by atoms with Gasteiger partial charge in [-0.1, -0.05) is 0 Å². The van der Waals surface area contributed by atoms with E-state index in [0.29, 0.717) is 13.0 Å². The number of rotatable bonds is 7. The van der Waals surface area contributed by atoms with E-state index >= 15 is 0 Å². The molecule has 1 aromatic rings. The predicted octanol–water partition coefficient (Wildman–Crippen LogP) is 0.935. The summed E-state index contributed by atoms with van der Waals surface area (Å²) in [5.41, 5.74) is 7.31. The normalized spacial score (nSPS) is 23.3. The fourth-order valence-corrected chi connectivity index (χ4v) is 3.71. The SMILES string of the molecule is N=C(N)c1ccc(N2CCC(OC[C@@H]3C[C@@H](CC(=O)O)C(=O)N3)CC2)cc1. The van der Waals surface area contributed by atoms with Crippen molar-refractivity contribution in [2.75, 3.05) is 24.6 Å². The van der Waals surface area contributed by atoms with E-state index < -0.39 is 11.9 Å². The van der Waals surface area contributed by atoms with Crippen molar-refractivity contribution in [3.8, 4) is 0 Å². The molecule has 0 saturated carbocycles. The summed E-state index contributed by atoms with van der Waals surface area (Å²) in [6, 6.07) is 7.58. The maximum atomic E-state index is 11.8. The summed E-state index contributed by atoms with van der Waals surface area (Å²) in [4.78, 5) is 24.8. The first-order valence-electron chi connectivity index (χ1n) is 9.25. The Balaban J connectivity index is 1.41. The molecule has 0 aromatic heterocycles. The lowest BCUT2D eigenvalue weighted by molar-refractivity contribution is -0.140. The van der Waals surface area contributed by atoms with Gasteiger partial charge < -0.3 is 25.8 Å². The average molecular weight is 374 g/mol. The van der Waals surface area contributed by atoms with Gasteiger partial charge in [0.05, 0.1) is 31.1 Å². The molecule has 27 heavy (non-hydrogen) atoms. The molecule has 0 aliphatic carbocycles. The number of benzene rings is 1. The van der Waals surface area contributed by atoms with Gasteiger partial charge in [0.1, 0.15) is 5.84 Å². The number of ether oxygens (including phenoxy) is 1.